The molecule has 8 nitrogen and oxygen atoms in total. The largest absolute Gasteiger partial charge is 0.489 e. The zero-order valence-electron chi connectivity index (χ0n) is 23.9. The summed E-state index contributed by atoms with van der Waals surface area (Å²) in [6.45, 7) is 5.60. The topological polar surface area (TPSA) is 96.0 Å². The molecule has 0 saturated heterocycles. The molecule has 0 aliphatic rings. The SMILES string of the molecule is CC[C@H](C)NC(=O)[C@H](CC)N(Cc1ccccc1Cl)C(=O)CN(c1ccc(OCc2ccccc2)cc1)S(C)(=O)=O. The van der Waals surface area contributed by atoms with Crippen LogP contribution in [0.25, 0.3) is 0 Å². The Morgan fingerprint density at radius 2 is 1.56 bits per heavy atom. The first-order chi connectivity index (χ1) is 19.5. The van der Waals surface area contributed by atoms with E-state index in [4.69, 9.17) is 16.3 Å². The number of halogens is 1. The van der Waals surface area contributed by atoms with Gasteiger partial charge in [0.25, 0.3) is 0 Å². The van der Waals surface area contributed by atoms with Crippen molar-refractivity contribution < 1.29 is 22.7 Å². The van der Waals surface area contributed by atoms with Crippen molar-refractivity contribution in [2.75, 3.05) is 17.1 Å². The molecule has 220 valence electrons. The highest BCUT2D eigenvalue weighted by Gasteiger charge is 2.32. The van der Waals surface area contributed by atoms with E-state index < -0.39 is 28.5 Å². The van der Waals surface area contributed by atoms with Gasteiger partial charge in [0.2, 0.25) is 21.8 Å². The van der Waals surface area contributed by atoms with Crippen LogP contribution in [0.2, 0.25) is 5.02 Å². The van der Waals surface area contributed by atoms with Crippen LogP contribution in [-0.4, -0.2) is 50.0 Å². The highest BCUT2D eigenvalue weighted by atomic mass is 35.5. The van der Waals surface area contributed by atoms with Crippen LogP contribution in [0.15, 0.2) is 78.9 Å². The highest BCUT2D eigenvalue weighted by molar-refractivity contribution is 7.92. The molecule has 0 radical (unpaired) electrons. The molecule has 0 spiro atoms. The van der Waals surface area contributed by atoms with Gasteiger partial charge in [0.05, 0.1) is 11.9 Å². The van der Waals surface area contributed by atoms with Crippen LogP contribution >= 0.6 is 11.6 Å². The van der Waals surface area contributed by atoms with Crippen LogP contribution < -0.4 is 14.4 Å². The van der Waals surface area contributed by atoms with E-state index in [1.165, 1.54) is 4.90 Å². The molecule has 3 aromatic carbocycles. The molecule has 0 heterocycles. The third-order valence-corrected chi connectivity index (χ3v) is 8.25. The van der Waals surface area contributed by atoms with Crippen molar-refractivity contribution in [3.8, 4) is 5.75 Å². The molecule has 2 atom stereocenters. The molecular weight excluding hydrogens is 562 g/mol. The number of benzene rings is 3. The lowest BCUT2D eigenvalue weighted by atomic mass is 10.1. The van der Waals surface area contributed by atoms with Crippen LogP contribution in [-0.2, 0) is 32.8 Å². The number of hydrogen-bond donors (Lipinski definition) is 1. The molecule has 2 amide bonds. The van der Waals surface area contributed by atoms with E-state index in [1.54, 1.807) is 48.5 Å². The predicted molar refractivity (Wildman–Crippen MR) is 163 cm³/mol. The molecule has 0 fully saturated rings. The fourth-order valence-electron chi connectivity index (χ4n) is 4.23. The van der Waals surface area contributed by atoms with E-state index in [0.717, 1.165) is 22.5 Å². The molecular formula is C31H38ClN3O5S. The van der Waals surface area contributed by atoms with Crippen LogP contribution in [0, 0.1) is 0 Å². The summed E-state index contributed by atoms with van der Waals surface area (Å²) in [7, 11) is -3.85. The highest BCUT2D eigenvalue weighted by Crippen LogP contribution is 2.24. The number of amides is 2. The Hall–Kier alpha value is -3.56. The smallest absolute Gasteiger partial charge is 0.244 e. The first kappa shape index (κ1) is 32.0. The normalized spacial score (nSPS) is 12.7. The Balaban J connectivity index is 1.86. The van der Waals surface area contributed by atoms with Crippen molar-refractivity contribution >= 4 is 39.1 Å². The number of carbonyl (C=O) groups excluding carboxylic acids is 2. The van der Waals surface area contributed by atoms with Gasteiger partial charge in [0, 0.05) is 17.6 Å². The summed E-state index contributed by atoms with van der Waals surface area (Å²) in [6.07, 6.45) is 2.11. The number of rotatable bonds is 14. The standard InChI is InChI=1S/C31H38ClN3O5S/c1-5-23(3)33-31(37)29(6-2)34(20-25-14-10-11-15-28(25)32)30(36)21-35(41(4,38)39)26-16-18-27(19-17-26)40-22-24-12-8-7-9-13-24/h7-19,23,29H,5-6,20-22H2,1-4H3,(H,33,37)/t23-,29-/m0/s1. The van der Waals surface area contributed by atoms with Crippen molar-refractivity contribution in [2.45, 2.75) is 58.8 Å². The lowest BCUT2D eigenvalue weighted by Crippen LogP contribution is -2.53. The maximum Gasteiger partial charge on any atom is 0.244 e. The molecule has 0 saturated carbocycles. The van der Waals surface area contributed by atoms with Crippen molar-refractivity contribution in [3.63, 3.8) is 0 Å². The fourth-order valence-corrected chi connectivity index (χ4v) is 5.28. The van der Waals surface area contributed by atoms with Crippen molar-refractivity contribution in [1.29, 1.82) is 0 Å². The number of sulfonamides is 1. The third-order valence-electron chi connectivity index (χ3n) is 6.74. The number of nitrogens with one attached hydrogen (secondary N) is 1. The minimum atomic E-state index is -3.85. The average molecular weight is 600 g/mol. The summed E-state index contributed by atoms with van der Waals surface area (Å²) in [5.41, 5.74) is 1.97. The molecule has 0 aromatic heterocycles. The minimum Gasteiger partial charge on any atom is -0.489 e. The van der Waals surface area contributed by atoms with E-state index in [0.29, 0.717) is 35.1 Å². The summed E-state index contributed by atoms with van der Waals surface area (Å²) in [5.74, 6) is -0.260. The second-order valence-electron chi connectivity index (χ2n) is 9.89. The quantitative estimate of drug-likeness (QED) is 0.267. The Morgan fingerprint density at radius 1 is 0.927 bits per heavy atom. The Bertz CT molecular complexity index is 1400. The van der Waals surface area contributed by atoms with E-state index in [-0.39, 0.29) is 18.5 Å². The zero-order chi connectivity index (χ0) is 30.0. The number of carbonyl (C=O) groups is 2. The van der Waals surface area contributed by atoms with Crippen molar-refractivity contribution in [2.24, 2.45) is 0 Å². The summed E-state index contributed by atoms with van der Waals surface area (Å²) in [6, 6.07) is 22.4. The molecule has 3 rings (SSSR count). The van der Waals surface area contributed by atoms with Gasteiger partial charge in [-0.2, -0.15) is 0 Å². The number of nitrogens with zero attached hydrogens (tertiary/aromatic N) is 2. The minimum absolute atomic E-state index is 0.0504. The monoisotopic (exact) mass is 599 g/mol. The van der Waals surface area contributed by atoms with Crippen LogP contribution in [0.3, 0.4) is 0 Å². The van der Waals surface area contributed by atoms with Crippen molar-refractivity contribution in [3.05, 3.63) is 95.0 Å². The summed E-state index contributed by atoms with van der Waals surface area (Å²) >= 11 is 6.40. The van der Waals surface area contributed by atoms with Gasteiger partial charge in [-0.05, 0) is 61.2 Å². The van der Waals surface area contributed by atoms with Crippen LogP contribution in [0.4, 0.5) is 5.69 Å². The van der Waals surface area contributed by atoms with E-state index >= 15 is 0 Å². The molecule has 0 aliphatic heterocycles. The zero-order valence-corrected chi connectivity index (χ0v) is 25.5. The molecule has 1 N–H and O–H groups in total. The van der Waals surface area contributed by atoms with Gasteiger partial charge in [-0.1, -0.05) is 74.0 Å². The summed E-state index contributed by atoms with van der Waals surface area (Å²) < 4.78 is 32.6. The predicted octanol–water partition coefficient (Wildman–Crippen LogP) is 5.41. The number of hydrogen-bond acceptors (Lipinski definition) is 5. The third kappa shape index (κ3) is 9.23. The van der Waals surface area contributed by atoms with Gasteiger partial charge in [-0.15, -0.1) is 0 Å². The number of anilines is 1. The maximum atomic E-state index is 13.8. The Morgan fingerprint density at radius 3 is 2.15 bits per heavy atom. The molecule has 41 heavy (non-hydrogen) atoms. The number of ether oxygens (including phenoxy) is 1. The van der Waals surface area contributed by atoms with E-state index in [9.17, 15) is 18.0 Å². The lowest BCUT2D eigenvalue weighted by molar-refractivity contribution is -0.140. The van der Waals surface area contributed by atoms with E-state index in [1.807, 2.05) is 51.1 Å². The molecule has 0 aliphatic carbocycles. The van der Waals surface area contributed by atoms with Gasteiger partial charge >= 0.3 is 0 Å². The van der Waals surface area contributed by atoms with Crippen LogP contribution in [0.5, 0.6) is 5.75 Å². The molecule has 3 aromatic rings. The first-order valence-electron chi connectivity index (χ1n) is 13.6. The molecule has 10 heteroatoms. The summed E-state index contributed by atoms with van der Waals surface area (Å²) in [4.78, 5) is 28.5. The summed E-state index contributed by atoms with van der Waals surface area (Å²) in [5, 5.41) is 3.40. The van der Waals surface area contributed by atoms with Gasteiger partial charge in [-0.3, -0.25) is 13.9 Å². The lowest BCUT2D eigenvalue weighted by Gasteiger charge is -2.33. The molecule has 0 unspecified atom stereocenters. The first-order valence-corrected chi connectivity index (χ1v) is 15.8. The van der Waals surface area contributed by atoms with Gasteiger partial charge in [0.15, 0.2) is 0 Å². The maximum absolute atomic E-state index is 13.8. The van der Waals surface area contributed by atoms with Gasteiger partial charge in [0.1, 0.15) is 24.9 Å². The second-order valence-corrected chi connectivity index (χ2v) is 12.2. The van der Waals surface area contributed by atoms with Crippen LogP contribution in [0.1, 0.15) is 44.7 Å². The second kappa shape index (κ2) is 14.9. The van der Waals surface area contributed by atoms with Gasteiger partial charge in [-0.25, -0.2) is 8.42 Å². The van der Waals surface area contributed by atoms with E-state index in [2.05, 4.69) is 5.32 Å². The molecule has 0 bridgehead atoms. The van der Waals surface area contributed by atoms with Crippen molar-refractivity contribution in [1.82, 2.24) is 10.2 Å². The fraction of sp³-hybridized carbons (Fsp3) is 0.355. The Labute approximate surface area is 248 Å². The Kier molecular flexibility index (Phi) is 11.6. The average Bonchev–Trinajstić information content (AvgIpc) is 2.95. The van der Waals surface area contributed by atoms with Gasteiger partial charge < -0.3 is 15.0 Å².